The molecule has 0 aromatic rings. The molecule has 7 atom stereocenters. The number of hydrogen-bond donors (Lipinski definition) is 2. The van der Waals surface area contributed by atoms with Crippen molar-refractivity contribution in [3.05, 3.63) is 23.8 Å². The van der Waals surface area contributed by atoms with Crippen molar-refractivity contribution in [1.29, 1.82) is 0 Å². The van der Waals surface area contributed by atoms with E-state index in [9.17, 15) is 19.8 Å². The highest BCUT2D eigenvalue weighted by molar-refractivity contribution is 7.98. The number of thioether (sulfide) groups is 1. The molecule has 4 aliphatic rings. The molecule has 3 fully saturated rings. The third-order valence-electron chi connectivity index (χ3n) is 9.87. The van der Waals surface area contributed by atoms with E-state index < -0.39 is 17.2 Å². The highest BCUT2D eigenvalue weighted by Gasteiger charge is 2.69. The summed E-state index contributed by atoms with van der Waals surface area (Å²) in [7, 11) is 0. The molecule has 6 heteroatoms. The van der Waals surface area contributed by atoms with E-state index >= 15 is 0 Å². The van der Waals surface area contributed by atoms with E-state index in [-0.39, 0.29) is 28.5 Å². The lowest BCUT2D eigenvalue weighted by molar-refractivity contribution is -0.312. The third-order valence-corrected chi connectivity index (χ3v) is 10.2. The molecule has 0 amide bonds. The Morgan fingerprint density at radius 2 is 1.97 bits per heavy atom. The number of Topliss-reactive ketones (excluding diaryl/α,β-unsaturated/α-hetero) is 1. The molecule has 4 rings (SSSR count). The molecule has 0 bridgehead atoms. The Morgan fingerprint density at radius 1 is 1.26 bits per heavy atom. The van der Waals surface area contributed by atoms with E-state index in [1.54, 1.807) is 12.3 Å². The van der Waals surface area contributed by atoms with E-state index in [2.05, 4.69) is 26.8 Å². The van der Waals surface area contributed by atoms with E-state index in [0.717, 1.165) is 32.1 Å². The van der Waals surface area contributed by atoms with Crippen LogP contribution in [0.25, 0.3) is 0 Å². The van der Waals surface area contributed by atoms with Gasteiger partial charge in [0.25, 0.3) is 0 Å². The van der Waals surface area contributed by atoms with Crippen molar-refractivity contribution >= 4 is 23.3 Å². The van der Waals surface area contributed by atoms with Gasteiger partial charge >= 0.3 is 5.97 Å². The highest BCUT2D eigenvalue weighted by atomic mass is 32.2. The van der Waals surface area contributed by atoms with Crippen LogP contribution in [0.3, 0.4) is 0 Å². The molecule has 0 radical (unpaired) electrons. The normalized spacial score (nSPS) is 44.4. The number of carbonyl (C=O) groups excluding carboxylic acids is 2. The summed E-state index contributed by atoms with van der Waals surface area (Å²) < 4.78 is 5.17. The summed E-state index contributed by atoms with van der Waals surface area (Å²) in [4.78, 5) is 25.5. The highest BCUT2D eigenvalue weighted by Crippen LogP contribution is 2.71. The summed E-state index contributed by atoms with van der Waals surface area (Å²) in [6.07, 6.45) is 12.1. The number of fused-ring (bicyclic) bond motifs is 5. The Bertz CT molecular complexity index is 847. The molecule has 0 aromatic heterocycles. The topological polar surface area (TPSA) is 83.8 Å². The maximum Gasteiger partial charge on any atom is 0.343 e. The second kappa shape index (κ2) is 7.54. The van der Waals surface area contributed by atoms with Crippen molar-refractivity contribution in [3.63, 3.8) is 0 Å². The van der Waals surface area contributed by atoms with Crippen LogP contribution in [0.1, 0.15) is 59.8 Å². The number of ketones is 2. The molecule has 31 heavy (non-hydrogen) atoms. The Hall–Kier alpha value is -0.950. The first-order valence-electron chi connectivity index (χ1n) is 11.5. The second-order valence-electron chi connectivity index (χ2n) is 10.9. The van der Waals surface area contributed by atoms with Crippen molar-refractivity contribution in [2.75, 3.05) is 12.2 Å². The van der Waals surface area contributed by atoms with Crippen molar-refractivity contribution in [1.82, 2.24) is 0 Å². The summed E-state index contributed by atoms with van der Waals surface area (Å²) in [6, 6.07) is 0. The van der Waals surface area contributed by atoms with Gasteiger partial charge in [0.05, 0.1) is 5.94 Å². The first-order chi connectivity index (χ1) is 14.4. The fourth-order valence-electron chi connectivity index (χ4n) is 7.80. The van der Waals surface area contributed by atoms with Gasteiger partial charge in [-0.3, -0.25) is 9.59 Å². The van der Waals surface area contributed by atoms with Crippen LogP contribution >= 0.6 is 11.8 Å². The van der Waals surface area contributed by atoms with Crippen LogP contribution < -0.4 is 0 Å². The summed E-state index contributed by atoms with van der Waals surface area (Å²) in [5.74, 6) is -1.97. The minimum absolute atomic E-state index is 0.0264. The van der Waals surface area contributed by atoms with Gasteiger partial charge in [0.15, 0.2) is 5.78 Å². The lowest BCUT2D eigenvalue weighted by atomic mass is 9.45. The van der Waals surface area contributed by atoms with Crippen LogP contribution in [0.5, 0.6) is 0 Å². The Morgan fingerprint density at radius 3 is 2.65 bits per heavy atom. The van der Waals surface area contributed by atoms with Crippen molar-refractivity contribution < 1.29 is 24.5 Å². The van der Waals surface area contributed by atoms with Crippen LogP contribution in [-0.2, 0) is 14.3 Å². The zero-order valence-electron chi connectivity index (χ0n) is 19.3. The van der Waals surface area contributed by atoms with Crippen LogP contribution in [0, 0.1) is 39.9 Å². The van der Waals surface area contributed by atoms with E-state index in [0.29, 0.717) is 17.8 Å². The molecule has 0 aromatic carbocycles. The molecule has 0 unspecified atom stereocenters. The lowest BCUT2D eigenvalue weighted by Crippen LogP contribution is -2.59. The first-order valence-corrected chi connectivity index (χ1v) is 12.9. The monoisotopic (exact) mass is 448 g/mol. The van der Waals surface area contributed by atoms with Gasteiger partial charge in [0.1, 0.15) is 0 Å². The Balaban J connectivity index is 1.67. The number of hydrogen-bond acceptors (Lipinski definition) is 6. The predicted molar refractivity (Wildman–Crippen MR) is 121 cm³/mol. The molecule has 0 spiro atoms. The third kappa shape index (κ3) is 3.16. The smallest absolute Gasteiger partial charge is 0.337 e. The maximum absolute atomic E-state index is 13.6. The fraction of sp³-hybridized carbons (Fsp3) is 0.760. The SMILES string of the molecule is CSCOC(O)(O)C(=O)[C@@]1(C)[C@H](C)C[C@H]2[C@@H]3CCC4=CC(=O)C=C[C@]4(C)[C@H]3CC[C@@]21C. The van der Waals surface area contributed by atoms with Gasteiger partial charge in [-0.05, 0) is 79.6 Å². The zero-order valence-corrected chi connectivity index (χ0v) is 20.1. The number of aliphatic hydroxyl groups is 2. The minimum atomic E-state index is -2.76. The Labute approximate surface area is 189 Å². The van der Waals surface area contributed by atoms with Crippen LogP contribution in [0.15, 0.2) is 23.8 Å². The summed E-state index contributed by atoms with van der Waals surface area (Å²) in [6.45, 7) is 8.47. The maximum atomic E-state index is 13.6. The summed E-state index contributed by atoms with van der Waals surface area (Å²) in [5.41, 5.74) is -0.0377. The van der Waals surface area contributed by atoms with Gasteiger partial charge in [0, 0.05) is 10.8 Å². The quantitative estimate of drug-likeness (QED) is 0.617. The van der Waals surface area contributed by atoms with Crippen molar-refractivity contribution in [2.45, 2.75) is 65.8 Å². The number of rotatable bonds is 5. The molecule has 5 nitrogen and oxygen atoms in total. The van der Waals surface area contributed by atoms with Gasteiger partial charge in [-0.25, -0.2) is 0 Å². The zero-order chi connectivity index (χ0) is 22.8. The minimum Gasteiger partial charge on any atom is -0.337 e. The van der Waals surface area contributed by atoms with Crippen LogP contribution in [0.2, 0.25) is 0 Å². The lowest BCUT2D eigenvalue weighted by Gasteiger charge is -2.58. The van der Waals surface area contributed by atoms with E-state index in [1.165, 1.54) is 17.3 Å². The molecular formula is C25H36O5S. The molecule has 0 heterocycles. The van der Waals surface area contributed by atoms with Crippen molar-refractivity contribution in [3.8, 4) is 0 Å². The molecule has 4 aliphatic carbocycles. The Kier molecular flexibility index (Phi) is 5.65. The number of allylic oxidation sites excluding steroid dienone is 4. The van der Waals surface area contributed by atoms with Gasteiger partial charge in [0.2, 0.25) is 5.78 Å². The first kappa shape index (κ1) is 23.2. The van der Waals surface area contributed by atoms with Crippen LogP contribution in [-0.4, -0.2) is 39.9 Å². The molecule has 3 saturated carbocycles. The number of ether oxygens (including phenoxy) is 1. The predicted octanol–water partition coefficient (Wildman–Crippen LogP) is 4.09. The van der Waals surface area contributed by atoms with Gasteiger partial charge in [-0.15, -0.1) is 11.8 Å². The molecule has 0 aliphatic heterocycles. The standard InChI is InChI=1S/C25H36O5S/c1-15-12-20-18-7-6-16-13-17(26)8-10-22(16,2)19(18)9-11-23(20,3)24(15,4)21(27)25(28,29)30-14-31-5/h8,10,13,15,18-20,28-29H,6-7,9,11-12,14H2,1-5H3/t15-,18-,19+,20+,22+,23+,24-/m1/s1. The van der Waals surface area contributed by atoms with E-state index in [4.69, 9.17) is 4.74 Å². The van der Waals surface area contributed by atoms with Gasteiger partial charge in [-0.2, -0.15) is 0 Å². The van der Waals surface area contributed by atoms with Gasteiger partial charge in [-0.1, -0.05) is 39.3 Å². The fourth-order valence-corrected chi connectivity index (χ4v) is 8.09. The largest absolute Gasteiger partial charge is 0.343 e. The average Bonchev–Trinajstić information content (AvgIpc) is 2.93. The van der Waals surface area contributed by atoms with Crippen molar-refractivity contribution in [2.24, 2.45) is 39.9 Å². The summed E-state index contributed by atoms with van der Waals surface area (Å²) in [5, 5.41) is 21.1. The molecule has 2 N–H and O–H groups in total. The van der Waals surface area contributed by atoms with Gasteiger partial charge < -0.3 is 14.9 Å². The van der Waals surface area contributed by atoms with Crippen LogP contribution in [0.4, 0.5) is 0 Å². The molecular weight excluding hydrogens is 412 g/mol. The molecule has 0 saturated heterocycles. The average molecular weight is 449 g/mol. The molecule has 172 valence electrons. The summed E-state index contributed by atoms with van der Waals surface area (Å²) >= 11 is 1.30. The second-order valence-corrected chi connectivity index (χ2v) is 11.7. The van der Waals surface area contributed by atoms with E-state index in [1.807, 2.05) is 13.0 Å². The number of carbonyl (C=O) groups is 2.